The number of rotatable bonds is 4. The fourth-order valence-corrected chi connectivity index (χ4v) is 3.20. The van der Waals surface area contributed by atoms with Gasteiger partial charge in [0.15, 0.2) is 0 Å². The molecule has 1 aromatic heterocycles. The molecular formula is C21H23N. The lowest BCUT2D eigenvalue weighted by molar-refractivity contribution is 0.697. The molecule has 1 aromatic carbocycles. The molecule has 2 aromatic rings. The summed E-state index contributed by atoms with van der Waals surface area (Å²) < 4.78 is 0. The van der Waals surface area contributed by atoms with Gasteiger partial charge in [0.1, 0.15) is 0 Å². The van der Waals surface area contributed by atoms with Gasteiger partial charge in [-0.2, -0.15) is 0 Å². The third-order valence-electron chi connectivity index (χ3n) is 4.30. The average Bonchev–Trinajstić information content (AvgIpc) is 2.54. The van der Waals surface area contributed by atoms with E-state index in [0.717, 1.165) is 25.0 Å². The highest BCUT2D eigenvalue weighted by Gasteiger charge is 2.19. The van der Waals surface area contributed by atoms with Crippen molar-refractivity contribution in [2.75, 3.05) is 0 Å². The first kappa shape index (κ1) is 14.8. The normalized spacial score (nSPS) is 17.4. The molecule has 0 saturated carbocycles. The van der Waals surface area contributed by atoms with Gasteiger partial charge in [-0.1, -0.05) is 49.4 Å². The molecule has 1 aliphatic rings. The Morgan fingerprint density at radius 2 is 2.05 bits per heavy atom. The van der Waals surface area contributed by atoms with Crippen molar-refractivity contribution in [2.45, 2.75) is 33.1 Å². The number of hydrogen-bond donors (Lipinski definition) is 0. The van der Waals surface area contributed by atoms with E-state index >= 15 is 0 Å². The molecule has 1 aliphatic carbocycles. The van der Waals surface area contributed by atoms with E-state index in [2.05, 4.69) is 73.5 Å². The molecule has 1 nitrogen and oxygen atoms in total. The zero-order valence-electron chi connectivity index (χ0n) is 13.4. The maximum atomic E-state index is 4.67. The predicted molar refractivity (Wildman–Crippen MR) is 93.8 cm³/mol. The van der Waals surface area contributed by atoms with Crippen LogP contribution in [0.4, 0.5) is 0 Å². The summed E-state index contributed by atoms with van der Waals surface area (Å²) in [6.45, 7) is 4.32. The molecule has 3 rings (SSSR count). The van der Waals surface area contributed by atoms with Gasteiger partial charge in [-0.25, -0.2) is 0 Å². The van der Waals surface area contributed by atoms with Gasteiger partial charge in [-0.3, -0.25) is 4.98 Å². The summed E-state index contributed by atoms with van der Waals surface area (Å²) in [4.78, 5) is 4.67. The minimum absolute atomic E-state index is 0.520. The number of fused-ring (bicyclic) bond motifs is 1. The monoisotopic (exact) mass is 289 g/mol. The van der Waals surface area contributed by atoms with Crippen LogP contribution in [0, 0.1) is 12.8 Å². The number of aromatic nitrogens is 1. The van der Waals surface area contributed by atoms with Crippen LogP contribution in [0.2, 0.25) is 0 Å². The molecule has 1 heterocycles. The molecular weight excluding hydrogens is 266 g/mol. The van der Waals surface area contributed by atoms with Crippen molar-refractivity contribution in [3.63, 3.8) is 0 Å². The van der Waals surface area contributed by atoms with Crippen LogP contribution in [0.25, 0.3) is 11.6 Å². The third kappa shape index (κ3) is 3.04. The molecule has 1 heteroatoms. The lowest BCUT2D eigenvalue weighted by atomic mass is 9.84. The highest BCUT2D eigenvalue weighted by atomic mass is 14.7. The molecule has 1 unspecified atom stereocenters. The Labute approximate surface area is 132 Å². The van der Waals surface area contributed by atoms with Gasteiger partial charge in [0.05, 0.1) is 5.69 Å². The van der Waals surface area contributed by atoms with E-state index in [4.69, 9.17) is 0 Å². The van der Waals surface area contributed by atoms with Crippen molar-refractivity contribution in [2.24, 2.45) is 5.92 Å². The first-order valence-electron chi connectivity index (χ1n) is 8.17. The molecule has 0 bridgehead atoms. The number of nitrogens with zero attached hydrogens (tertiary/aromatic N) is 1. The highest BCUT2D eigenvalue weighted by molar-refractivity contribution is 5.68. The SMILES string of the molecule is CCC=CCC1CC=c2ccccc2=C1c1cc(C)ccn1. The third-order valence-corrected chi connectivity index (χ3v) is 4.30. The number of benzene rings is 1. The molecule has 0 spiro atoms. The smallest absolute Gasteiger partial charge is 0.0673 e. The quantitative estimate of drug-likeness (QED) is 0.781. The summed E-state index contributed by atoms with van der Waals surface area (Å²) in [5.74, 6) is 0.520. The lowest BCUT2D eigenvalue weighted by Gasteiger charge is -2.21. The van der Waals surface area contributed by atoms with E-state index in [1.807, 2.05) is 6.20 Å². The van der Waals surface area contributed by atoms with Crippen molar-refractivity contribution in [1.82, 2.24) is 4.98 Å². The molecule has 0 aliphatic heterocycles. The van der Waals surface area contributed by atoms with Crippen LogP contribution in [-0.2, 0) is 0 Å². The maximum absolute atomic E-state index is 4.67. The zero-order chi connectivity index (χ0) is 15.4. The summed E-state index contributed by atoms with van der Waals surface area (Å²) in [5, 5.41) is 2.69. The van der Waals surface area contributed by atoms with E-state index in [1.54, 1.807) is 0 Å². The van der Waals surface area contributed by atoms with Crippen LogP contribution in [-0.4, -0.2) is 4.98 Å². The van der Waals surface area contributed by atoms with Crippen molar-refractivity contribution >= 4 is 11.6 Å². The van der Waals surface area contributed by atoms with Gasteiger partial charge in [-0.15, -0.1) is 0 Å². The second-order valence-electron chi connectivity index (χ2n) is 5.97. The van der Waals surface area contributed by atoms with E-state index in [1.165, 1.54) is 21.6 Å². The fourth-order valence-electron chi connectivity index (χ4n) is 3.20. The minimum Gasteiger partial charge on any atom is -0.257 e. The second-order valence-corrected chi connectivity index (χ2v) is 5.97. The summed E-state index contributed by atoms with van der Waals surface area (Å²) >= 11 is 0. The summed E-state index contributed by atoms with van der Waals surface area (Å²) in [7, 11) is 0. The van der Waals surface area contributed by atoms with Gasteiger partial charge in [-0.05, 0) is 65.8 Å². The first-order chi connectivity index (χ1) is 10.8. The van der Waals surface area contributed by atoms with Crippen LogP contribution in [0.15, 0.2) is 54.7 Å². The molecule has 0 amide bonds. The Kier molecular flexibility index (Phi) is 4.53. The van der Waals surface area contributed by atoms with Crippen molar-refractivity contribution in [1.29, 1.82) is 0 Å². The van der Waals surface area contributed by atoms with Gasteiger partial charge >= 0.3 is 0 Å². The molecule has 0 radical (unpaired) electrons. The lowest BCUT2D eigenvalue weighted by Crippen LogP contribution is -2.33. The van der Waals surface area contributed by atoms with Gasteiger partial charge in [0.25, 0.3) is 0 Å². The number of pyridine rings is 1. The molecule has 112 valence electrons. The van der Waals surface area contributed by atoms with Crippen LogP contribution in [0.5, 0.6) is 0 Å². The largest absolute Gasteiger partial charge is 0.257 e. The Balaban J connectivity index is 2.16. The molecule has 0 fully saturated rings. The fraction of sp³-hybridized carbons (Fsp3) is 0.286. The molecule has 0 saturated heterocycles. The Morgan fingerprint density at radius 3 is 2.86 bits per heavy atom. The van der Waals surface area contributed by atoms with Crippen LogP contribution in [0.3, 0.4) is 0 Å². The van der Waals surface area contributed by atoms with Crippen LogP contribution >= 0.6 is 0 Å². The van der Waals surface area contributed by atoms with E-state index in [-0.39, 0.29) is 0 Å². The second kappa shape index (κ2) is 6.74. The first-order valence-corrected chi connectivity index (χ1v) is 8.17. The summed E-state index contributed by atoms with van der Waals surface area (Å²) in [5.41, 5.74) is 3.81. The molecule has 1 atom stereocenters. The van der Waals surface area contributed by atoms with Crippen molar-refractivity contribution in [3.8, 4) is 0 Å². The number of hydrogen-bond acceptors (Lipinski definition) is 1. The van der Waals surface area contributed by atoms with E-state index in [0.29, 0.717) is 5.92 Å². The van der Waals surface area contributed by atoms with Crippen molar-refractivity contribution < 1.29 is 0 Å². The van der Waals surface area contributed by atoms with Crippen molar-refractivity contribution in [3.05, 3.63) is 76.4 Å². The van der Waals surface area contributed by atoms with Gasteiger partial charge < -0.3 is 0 Å². The predicted octanol–water partition coefficient (Wildman–Crippen LogP) is 3.75. The molecule has 22 heavy (non-hydrogen) atoms. The number of aryl methyl sites for hydroxylation is 1. The Bertz CT molecular complexity index is 799. The summed E-state index contributed by atoms with van der Waals surface area (Å²) in [6, 6.07) is 13.0. The Morgan fingerprint density at radius 1 is 1.18 bits per heavy atom. The van der Waals surface area contributed by atoms with Gasteiger partial charge in [0, 0.05) is 6.20 Å². The van der Waals surface area contributed by atoms with E-state index in [9.17, 15) is 0 Å². The standard InChI is InChI=1S/C21H23N/c1-3-4-5-9-18-12-11-17-8-6-7-10-19(17)21(18)20-15-16(2)13-14-22-20/h4-8,10-11,13-15,18H,3,9,12H2,1-2H3. The average molecular weight is 289 g/mol. The molecule has 0 N–H and O–H groups in total. The zero-order valence-corrected chi connectivity index (χ0v) is 13.4. The maximum Gasteiger partial charge on any atom is 0.0673 e. The topological polar surface area (TPSA) is 12.9 Å². The minimum atomic E-state index is 0.520. The number of allylic oxidation sites excluding steroid dienone is 2. The van der Waals surface area contributed by atoms with Crippen LogP contribution < -0.4 is 10.4 Å². The van der Waals surface area contributed by atoms with E-state index < -0.39 is 0 Å². The summed E-state index contributed by atoms with van der Waals surface area (Å²) in [6.07, 6.45) is 12.2. The Hall–Kier alpha value is -2.15. The van der Waals surface area contributed by atoms with Crippen LogP contribution in [0.1, 0.15) is 37.4 Å². The highest BCUT2D eigenvalue weighted by Crippen LogP contribution is 2.28. The van der Waals surface area contributed by atoms with Gasteiger partial charge in [0.2, 0.25) is 0 Å².